The Morgan fingerprint density at radius 3 is 2.18 bits per heavy atom. The van der Waals surface area contributed by atoms with Gasteiger partial charge in [0.15, 0.2) is 0 Å². The van der Waals surface area contributed by atoms with Gasteiger partial charge in [-0.25, -0.2) is 0 Å². The predicted octanol–water partition coefficient (Wildman–Crippen LogP) is 3.64. The van der Waals surface area contributed by atoms with Gasteiger partial charge in [-0.1, -0.05) is 12.4 Å². The van der Waals surface area contributed by atoms with Gasteiger partial charge in [0.2, 0.25) is 0 Å². The van der Waals surface area contributed by atoms with Gasteiger partial charge in [-0.2, -0.15) is 13.2 Å². The van der Waals surface area contributed by atoms with Crippen LogP contribution in [0.5, 0.6) is 5.75 Å². The number of alkyl halides is 3. The number of ether oxygens (including phenoxy) is 1. The third-order valence-electron chi connectivity index (χ3n) is 2.07. The van der Waals surface area contributed by atoms with Crippen molar-refractivity contribution in [2.24, 2.45) is 0 Å². The number of hydrogen-bond donors (Lipinski definition) is 0. The molecule has 0 aliphatic rings. The highest BCUT2D eigenvalue weighted by Gasteiger charge is 2.32. The first-order chi connectivity index (χ1) is 7.63. The third kappa shape index (κ3) is 3.87. The zero-order valence-electron chi connectivity index (χ0n) is 8.69. The molecule has 0 aliphatic carbocycles. The van der Waals surface area contributed by atoms with Crippen molar-refractivity contribution >= 4 is 6.98 Å². The Labute approximate surface area is 93.4 Å². The molecule has 1 aromatic carbocycles. The van der Waals surface area contributed by atoms with Gasteiger partial charge in [0.05, 0.1) is 12.7 Å². The third-order valence-corrected chi connectivity index (χ3v) is 2.07. The van der Waals surface area contributed by atoms with Crippen molar-refractivity contribution in [3.63, 3.8) is 0 Å². The van der Waals surface area contributed by atoms with Crippen molar-refractivity contribution in [3.8, 4) is 5.75 Å². The lowest BCUT2D eigenvalue weighted by atomic mass is 9.81. The number of rotatable bonds is 3. The summed E-state index contributed by atoms with van der Waals surface area (Å²) >= 11 is 0. The van der Waals surface area contributed by atoms with Crippen LogP contribution >= 0.6 is 0 Å². The maximum absolute atomic E-state index is 12.3. The highest BCUT2D eigenvalue weighted by molar-refractivity contribution is 6.57. The fourth-order valence-corrected chi connectivity index (χ4v) is 1.34. The van der Waals surface area contributed by atoms with Crippen LogP contribution in [0.15, 0.2) is 18.2 Å². The zero-order valence-corrected chi connectivity index (χ0v) is 8.69. The van der Waals surface area contributed by atoms with Crippen molar-refractivity contribution in [1.29, 1.82) is 0 Å². The summed E-state index contributed by atoms with van der Waals surface area (Å²) in [6, 6.07) is 1.97. The summed E-state index contributed by atoms with van der Waals surface area (Å²) in [7, 11) is 1.03. The SMILES string of the molecule is COc1cc(C(F)(F)F)ccc1C[B-](F)(F)F. The molecule has 0 saturated heterocycles. The van der Waals surface area contributed by atoms with Crippen molar-refractivity contribution in [1.82, 2.24) is 0 Å². The van der Waals surface area contributed by atoms with Crippen molar-refractivity contribution in [3.05, 3.63) is 29.3 Å². The maximum atomic E-state index is 12.3. The highest BCUT2D eigenvalue weighted by Crippen LogP contribution is 2.34. The van der Waals surface area contributed by atoms with Crippen LogP contribution in [0.1, 0.15) is 11.1 Å². The largest absolute Gasteiger partial charge is 0.497 e. The summed E-state index contributed by atoms with van der Waals surface area (Å²) in [6.07, 6.45) is -5.86. The van der Waals surface area contributed by atoms with Crippen LogP contribution in [0, 0.1) is 0 Å². The van der Waals surface area contributed by atoms with Crippen LogP contribution in [-0.4, -0.2) is 14.1 Å². The molecule has 1 nitrogen and oxygen atoms in total. The maximum Gasteiger partial charge on any atom is 0.482 e. The number of halogens is 6. The van der Waals surface area contributed by atoms with Crippen LogP contribution in [-0.2, 0) is 12.5 Å². The first-order valence-corrected chi connectivity index (χ1v) is 4.58. The van der Waals surface area contributed by atoms with Crippen molar-refractivity contribution < 1.29 is 30.9 Å². The second kappa shape index (κ2) is 4.50. The summed E-state index contributed by atoms with van der Waals surface area (Å²) in [5, 5.41) is 0. The minimum Gasteiger partial charge on any atom is -0.497 e. The summed E-state index contributed by atoms with van der Waals surface area (Å²) in [5.74, 6) is -0.404. The summed E-state index contributed by atoms with van der Waals surface area (Å²) in [5.41, 5.74) is -1.33. The minimum absolute atomic E-state index is 0.298. The van der Waals surface area contributed by atoms with Gasteiger partial charge in [0.1, 0.15) is 5.75 Å². The van der Waals surface area contributed by atoms with E-state index in [1.54, 1.807) is 0 Å². The lowest BCUT2D eigenvalue weighted by Crippen LogP contribution is -2.20. The van der Waals surface area contributed by atoms with E-state index in [2.05, 4.69) is 4.74 Å². The van der Waals surface area contributed by atoms with E-state index in [-0.39, 0.29) is 5.56 Å². The zero-order chi connectivity index (χ0) is 13.3. The predicted molar refractivity (Wildman–Crippen MR) is 50.8 cm³/mol. The Morgan fingerprint density at radius 2 is 1.76 bits per heavy atom. The normalized spacial score (nSPS) is 12.6. The fourth-order valence-electron chi connectivity index (χ4n) is 1.34. The minimum atomic E-state index is -5.11. The molecule has 0 atom stereocenters. The molecule has 0 spiro atoms. The van der Waals surface area contributed by atoms with Gasteiger partial charge < -0.3 is 17.7 Å². The van der Waals surface area contributed by atoms with Crippen LogP contribution in [0.2, 0.25) is 0 Å². The van der Waals surface area contributed by atoms with Gasteiger partial charge in [-0.15, -0.1) is 0 Å². The second-order valence-corrected chi connectivity index (χ2v) is 3.44. The van der Waals surface area contributed by atoms with Crippen LogP contribution in [0.25, 0.3) is 0 Å². The van der Waals surface area contributed by atoms with Gasteiger partial charge in [-0.05, 0) is 17.7 Å². The molecular weight excluding hydrogens is 249 g/mol. The van der Waals surface area contributed by atoms with Gasteiger partial charge in [0, 0.05) is 0 Å². The molecule has 0 aromatic heterocycles. The molecule has 8 heteroatoms. The monoisotopic (exact) mass is 257 g/mol. The molecule has 0 radical (unpaired) electrons. The molecule has 1 aromatic rings. The molecular formula is C9H8BF6O-. The Bertz CT molecular complexity index is 397. The lowest BCUT2D eigenvalue weighted by molar-refractivity contribution is -0.137. The highest BCUT2D eigenvalue weighted by atomic mass is 19.4. The quantitative estimate of drug-likeness (QED) is 0.593. The van der Waals surface area contributed by atoms with Gasteiger partial charge in [0.25, 0.3) is 0 Å². The molecule has 0 heterocycles. The number of hydrogen-bond acceptors (Lipinski definition) is 1. The van der Waals surface area contributed by atoms with Crippen LogP contribution in [0.4, 0.5) is 26.1 Å². The number of methoxy groups -OCH3 is 1. The summed E-state index contributed by atoms with van der Waals surface area (Å²) in [6.45, 7) is -5.11. The van der Waals surface area contributed by atoms with E-state index in [4.69, 9.17) is 0 Å². The molecule has 0 unspecified atom stereocenters. The van der Waals surface area contributed by atoms with Gasteiger partial charge >= 0.3 is 13.2 Å². The van der Waals surface area contributed by atoms with E-state index in [0.29, 0.717) is 12.1 Å². The first-order valence-electron chi connectivity index (χ1n) is 4.58. The summed E-state index contributed by atoms with van der Waals surface area (Å²) < 4.78 is 78.0. The van der Waals surface area contributed by atoms with Crippen LogP contribution < -0.4 is 4.74 Å². The van der Waals surface area contributed by atoms with E-state index < -0.39 is 30.8 Å². The molecule has 0 saturated carbocycles. The molecule has 96 valence electrons. The lowest BCUT2D eigenvalue weighted by Gasteiger charge is -2.17. The van der Waals surface area contributed by atoms with Crippen molar-refractivity contribution in [2.45, 2.75) is 12.5 Å². The topological polar surface area (TPSA) is 9.23 Å². The average molecular weight is 257 g/mol. The van der Waals surface area contributed by atoms with Crippen LogP contribution in [0.3, 0.4) is 0 Å². The molecule has 0 aliphatic heterocycles. The fraction of sp³-hybridized carbons (Fsp3) is 0.333. The van der Waals surface area contributed by atoms with E-state index in [0.717, 1.165) is 13.2 Å². The number of benzene rings is 1. The second-order valence-electron chi connectivity index (χ2n) is 3.44. The standard InChI is InChI=1S/C9H8BF6O/c1-17-8-4-7(9(11,12)13)3-2-6(8)5-10(14,15)16/h2-4H,5H2,1H3/q-1. The van der Waals surface area contributed by atoms with E-state index in [1.165, 1.54) is 0 Å². The molecule has 1 rings (SSSR count). The first kappa shape index (κ1) is 13.7. The van der Waals surface area contributed by atoms with Crippen molar-refractivity contribution in [2.75, 3.05) is 7.11 Å². The molecule has 0 fully saturated rings. The van der Waals surface area contributed by atoms with E-state index in [9.17, 15) is 26.1 Å². The summed E-state index contributed by atoms with van der Waals surface area (Å²) in [4.78, 5) is 0. The molecule has 0 bridgehead atoms. The smallest absolute Gasteiger partial charge is 0.482 e. The Hall–Kier alpha value is -1.34. The van der Waals surface area contributed by atoms with E-state index in [1.807, 2.05) is 0 Å². The molecule has 17 heavy (non-hydrogen) atoms. The van der Waals surface area contributed by atoms with Gasteiger partial charge in [-0.3, -0.25) is 0 Å². The average Bonchev–Trinajstić information content (AvgIpc) is 2.14. The Balaban J connectivity index is 3.10. The Morgan fingerprint density at radius 1 is 1.18 bits per heavy atom. The molecule has 0 N–H and O–H groups in total. The Kier molecular flexibility index (Phi) is 3.64. The molecule has 0 amide bonds. The van der Waals surface area contributed by atoms with E-state index >= 15 is 0 Å².